The third kappa shape index (κ3) is 3.93. The number of likely N-dealkylation sites (tertiary alicyclic amines) is 1. The van der Waals surface area contributed by atoms with E-state index >= 15 is 0 Å². The molecule has 1 amide bonds. The minimum Gasteiger partial charge on any atom is -0.339 e. The molecule has 0 unspecified atom stereocenters. The van der Waals surface area contributed by atoms with Gasteiger partial charge in [0, 0.05) is 31.1 Å². The van der Waals surface area contributed by atoms with Gasteiger partial charge in [-0.25, -0.2) is 0 Å². The summed E-state index contributed by atoms with van der Waals surface area (Å²) in [7, 11) is 0. The largest absolute Gasteiger partial charge is 0.339 e. The highest BCUT2D eigenvalue weighted by atomic mass is 16.5. The van der Waals surface area contributed by atoms with Crippen LogP contribution < -0.4 is 5.32 Å². The number of carbonyl (C=O) groups is 1. The zero-order chi connectivity index (χ0) is 16.9. The van der Waals surface area contributed by atoms with Gasteiger partial charge in [-0.3, -0.25) is 4.79 Å². The number of hydrogen-bond acceptors (Lipinski definition) is 5. The summed E-state index contributed by atoms with van der Waals surface area (Å²) in [6.45, 7) is 6.46. The van der Waals surface area contributed by atoms with Gasteiger partial charge in [-0.05, 0) is 30.9 Å². The van der Waals surface area contributed by atoms with Crippen LogP contribution in [0.5, 0.6) is 0 Å². The summed E-state index contributed by atoms with van der Waals surface area (Å²) >= 11 is 0. The molecule has 0 spiro atoms. The second kappa shape index (κ2) is 7.47. The third-order valence-corrected chi connectivity index (χ3v) is 4.42. The van der Waals surface area contributed by atoms with E-state index in [-0.39, 0.29) is 11.8 Å². The van der Waals surface area contributed by atoms with Crippen LogP contribution >= 0.6 is 0 Å². The Kier molecular flexibility index (Phi) is 5.13. The highest BCUT2D eigenvalue weighted by molar-refractivity contribution is 5.94. The van der Waals surface area contributed by atoms with Crippen molar-refractivity contribution in [3.05, 3.63) is 41.7 Å². The lowest BCUT2D eigenvalue weighted by atomic mass is 9.96. The number of aromatic nitrogens is 2. The van der Waals surface area contributed by atoms with Crippen molar-refractivity contribution in [3.8, 4) is 0 Å². The maximum atomic E-state index is 12.4. The molecule has 1 aliphatic heterocycles. The van der Waals surface area contributed by atoms with E-state index in [1.807, 2.05) is 49.1 Å². The van der Waals surface area contributed by atoms with Gasteiger partial charge in [0.25, 0.3) is 5.91 Å². The molecule has 0 radical (unpaired) electrons. The molecule has 24 heavy (non-hydrogen) atoms. The highest BCUT2D eigenvalue weighted by Crippen LogP contribution is 2.20. The van der Waals surface area contributed by atoms with Crippen LogP contribution in [0.15, 0.2) is 34.9 Å². The van der Waals surface area contributed by atoms with Crippen LogP contribution in [0.3, 0.4) is 0 Å². The first-order chi connectivity index (χ1) is 11.6. The molecule has 1 fully saturated rings. The quantitative estimate of drug-likeness (QED) is 0.913. The third-order valence-electron chi connectivity index (χ3n) is 4.42. The summed E-state index contributed by atoms with van der Waals surface area (Å²) in [6.07, 6.45) is 1.97. The summed E-state index contributed by atoms with van der Waals surface area (Å²) in [4.78, 5) is 18.7. The van der Waals surface area contributed by atoms with Crippen molar-refractivity contribution in [2.24, 2.45) is 5.92 Å². The zero-order valence-electron chi connectivity index (χ0n) is 14.2. The van der Waals surface area contributed by atoms with Crippen molar-refractivity contribution in [1.29, 1.82) is 0 Å². The van der Waals surface area contributed by atoms with Crippen LogP contribution in [0.1, 0.15) is 48.8 Å². The molecule has 2 heterocycles. The maximum absolute atomic E-state index is 12.4. The first-order valence-corrected chi connectivity index (χ1v) is 8.55. The molecule has 0 aliphatic carbocycles. The number of carbonyl (C=O) groups excluding carboxylic acids is 1. The fraction of sp³-hybridized carbons (Fsp3) is 0.500. The van der Waals surface area contributed by atoms with E-state index in [1.165, 1.54) is 0 Å². The van der Waals surface area contributed by atoms with Crippen molar-refractivity contribution >= 4 is 11.9 Å². The van der Waals surface area contributed by atoms with Crippen molar-refractivity contribution in [2.45, 2.75) is 32.6 Å². The Morgan fingerprint density at radius 3 is 2.62 bits per heavy atom. The monoisotopic (exact) mass is 328 g/mol. The Morgan fingerprint density at radius 1 is 1.29 bits per heavy atom. The van der Waals surface area contributed by atoms with Gasteiger partial charge in [0.15, 0.2) is 5.82 Å². The van der Waals surface area contributed by atoms with E-state index in [0.717, 1.165) is 43.9 Å². The number of nitrogens with zero attached hydrogens (tertiary/aromatic N) is 3. The van der Waals surface area contributed by atoms with Gasteiger partial charge >= 0.3 is 6.01 Å². The lowest BCUT2D eigenvalue weighted by molar-refractivity contribution is 0.0694. The number of nitrogens with one attached hydrogen (secondary N) is 1. The molecule has 2 aromatic rings. The van der Waals surface area contributed by atoms with Gasteiger partial charge in [-0.1, -0.05) is 37.2 Å². The van der Waals surface area contributed by atoms with Gasteiger partial charge in [0.2, 0.25) is 0 Å². The summed E-state index contributed by atoms with van der Waals surface area (Å²) in [5.41, 5.74) is 0.765. The second-order valence-electron chi connectivity index (χ2n) is 6.59. The molecule has 1 aromatic carbocycles. The summed E-state index contributed by atoms with van der Waals surface area (Å²) < 4.78 is 5.20. The van der Waals surface area contributed by atoms with Crippen LogP contribution in [0, 0.1) is 5.92 Å². The summed E-state index contributed by atoms with van der Waals surface area (Å²) in [5, 5.41) is 7.17. The number of piperidine rings is 1. The minimum absolute atomic E-state index is 0.125. The molecule has 0 bridgehead atoms. The van der Waals surface area contributed by atoms with E-state index in [4.69, 9.17) is 4.52 Å². The lowest BCUT2D eigenvalue weighted by Crippen LogP contribution is -2.39. The summed E-state index contributed by atoms with van der Waals surface area (Å²) in [6, 6.07) is 9.97. The second-order valence-corrected chi connectivity index (χ2v) is 6.59. The van der Waals surface area contributed by atoms with E-state index in [1.54, 1.807) is 0 Å². The standard InChI is InChI=1S/C18H24N4O2/c1-13(2)16-20-18(24-21-16)19-12-14-8-10-22(11-9-14)17(23)15-6-4-3-5-7-15/h3-7,13-14H,8-12H2,1-2H3,(H,19,20,21). The van der Waals surface area contributed by atoms with Gasteiger partial charge in [0.05, 0.1) is 0 Å². The Hall–Kier alpha value is -2.37. The molecule has 0 atom stereocenters. The minimum atomic E-state index is 0.125. The van der Waals surface area contributed by atoms with E-state index in [2.05, 4.69) is 15.5 Å². The van der Waals surface area contributed by atoms with E-state index in [0.29, 0.717) is 11.9 Å². The maximum Gasteiger partial charge on any atom is 0.321 e. The first kappa shape index (κ1) is 16.5. The number of hydrogen-bond donors (Lipinski definition) is 1. The molecule has 6 heteroatoms. The van der Waals surface area contributed by atoms with Crippen molar-refractivity contribution < 1.29 is 9.32 Å². The van der Waals surface area contributed by atoms with E-state index in [9.17, 15) is 4.79 Å². The fourth-order valence-corrected chi connectivity index (χ4v) is 2.88. The predicted octanol–water partition coefficient (Wildman–Crippen LogP) is 3.16. The van der Waals surface area contributed by atoms with Gasteiger partial charge in [-0.15, -0.1) is 0 Å². The van der Waals surface area contributed by atoms with Crippen LogP contribution in [0.2, 0.25) is 0 Å². The summed E-state index contributed by atoms with van der Waals surface area (Å²) in [5.74, 6) is 1.62. The number of amides is 1. The molecule has 0 saturated carbocycles. The van der Waals surface area contributed by atoms with Crippen LogP contribution in [-0.4, -0.2) is 40.6 Å². The van der Waals surface area contributed by atoms with Gasteiger partial charge in [-0.2, -0.15) is 4.98 Å². The Labute approximate surface area is 142 Å². The first-order valence-electron chi connectivity index (χ1n) is 8.55. The highest BCUT2D eigenvalue weighted by Gasteiger charge is 2.23. The number of anilines is 1. The van der Waals surface area contributed by atoms with Crippen LogP contribution in [0.4, 0.5) is 6.01 Å². The molecule has 6 nitrogen and oxygen atoms in total. The van der Waals surface area contributed by atoms with Crippen molar-refractivity contribution in [1.82, 2.24) is 15.0 Å². The van der Waals surface area contributed by atoms with Crippen molar-refractivity contribution in [3.63, 3.8) is 0 Å². The Morgan fingerprint density at radius 2 is 2.00 bits per heavy atom. The molecule has 1 saturated heterocycles. The predicted molar refractivity (Wildman–Crippen MR) is 91.9 cm³/mol. The zero-order valence-corrected chi connectivity index (χ0v) is 14.2. The molecule has 1 aliphatic rings. The SMILES string of the molecule is CC(C)c1noc(NCC2CCN(C(=O)c3ccccc3)CC2)n1. The number of benzene rings is 1. The molecule has 1 N–H and O–H groups in total. The fourth-order valence-electron chi connectivity index (χ4n) is 2.88. The molecule has 128 valence electrons. The molecule has 1 aromatic heterocycles. The lowest BCUT2D eigenvalue weighted by Gasteiger charge is -2.32. The molecule has 3 rings (SSSR count). The normalized spacial score (nSPS) is 15.7. The van der Waals surface area contributed by atoms with Crippen LogP contribution in [0.25, 0.3) is 0 Å². The molecular weight excluding hydrogens is 304 g/mol. The van der Waals surface area contributed by atoms with Crippen molar-refractivity contribution in [2.75, 3.05) is 25.0 Å². The average Bonchev–Trinajstić information content (AvgIpc) is 3.10. The average molecular weight is 328 g/mol. The van der Waals surface area contributed by atoms with Crippen LogP contribution in [-0.2, 0) is 0 Å². The van der Waals surface area contributed by atoms with E-state index < -0.39 is 0 Å². The van der Waals surface area contributed by atoms with Gasteiger partial charge in [0.1, 0.15) is 0 Å². The van der Waals surface area contributed by atoms with Gasteiger partial charge < -0.3 is 14.7 Å². The molecular formula is C18H24N4O2. The Balaban J connectivity index is 1.46. The topological polar surface area (TPSA) is 71.3 Å². The Bertz CT molecular complexity index is 661. The number of rotatable bonds is 5. The smallest absolute Gasteiger partial charge is 0.321 e.